The highest BCUT2D eigenvalue weighted by Gasteiger charge is 2.29. The number of hydrogen-bond donors (Lipinski definition) is 0. The summed E-state index contributed by atoms with van der Waals surface area (Å²) in [4.78, 5) is 0. The van der Waals surface area contributed by atoms with Crippen LogP contribution in [0.15, 0.2) is 24.3 Å². The predicted octanol–water partition coefficient (Wildman–Crippen LogP) is 3.39. The summed E-state index contributed by atoms with van der Waals surface area (Å²) in [6.07, 6.45) is 3.89. The third-order valence-corrected chi connectivity index (χ3v) is 2.89. The Kier molecular flexibility index (Phi) is 2.71. The maximum atomic E-state index is 12.6. The number of benzene rings is 1. The third kappa shape index (κ3) is 2.06. The van der Waals surface area contributed by atoms with Crippen LogP contribution in [0.3, 0.4) is 0 Å². The topological polar surface area (TPSA) is 9.23 Å². The molecule has 1 nitrogen and oxygen atoms in total. The first kappa shape index (κ1) is 9.50. The second kappa shape index (κ2) is 3.99. The Labute approximate surface area is 83.9 Å². The summed E-state index contributed by atoms with van der Waals surface area (Å²) in [5, 5.41) is 0. The van der Waals surface area contributed by atoms with Crippen molar-refractivity contribution in [1.29, 1.82) is 0 Å². The van der Waals surface area contributed by atoms with E-state index in [1.807, 2.05) is 0 Å². The monoisotopic (exact) mass is 194 g/mol. The van der Waals surface area contributed by atoms with Gasteiger partial charge in [-0.15, -0.1) is 0 Å². The van der Waals surface area contributed by atoms with E-state index < -0.39 is 0 Å². The van der Waals surface area contributed by atoms with Gasteiger partial charge in [0.15, 0.2) is 0 Å². The van der Waals surface area contributed by atoms with Crippen LogP contribution in [0.1, 0.15) is 26.2 Å². The lowest BCUT2D eigenvalue weighted by Gasteiger charge is -2.34. The molecule has 1 saturated carbocycles. The molecule has 1 aromatic carbocycles. The smallest absolute Gasteiger partial charge is 0.123 e. The first-order valence-corrected chi connectivity index (χ1v) is 5.20. The number of hydrogen-bond acceptors (Lipinski definition) is 1. The Balaban J connectivity index is 1.84. The zero-order chi connectivity index (χ0) is 9.97. The summed E-state index contributed by atoms with van der Waals surface area (Å²) in [5.74, 6) is 1.41. The Hall–Kier alpha value is -1.05. The van der Waals surface area contributed by atoms with Crippen molar-refractivity contribution in [3.8, 4) is 5.75 Å². The zero-order valence-electron chi connectivity index (χ0n) is 8.37. The first-order valence-electron chi connectivity index (χ1n) is 5.20. The van der Waals surface area contributed by atoms with Crippen molar-refractivity contribution in [3.05, 3.63) is 30.1 Å². The molecule has 0 heterocycles. The lowest BCUT2D eigenvalue weighted by atomic mass is 9.80. The molecule has 1 aliphatic rings. The summed E-state index contributed by atoms with van der Waals surface area (Å²) in [7, 11) is 0. The Morgan fingerprint density at radius 1 is 1.29 bits per heavy atom. The molecule has 2 rings (SSSR count). The molecule has 0 atom stereocenters. The van der Waals surface area contributed by atoms with Crippen molar-refractivity contribution in [2.24, 2.45) is 5.92 Å². The molecular formula is C12H15FO. The zero-order valence-corrected chi connectivity index (χ0v) is 8.37. The van der Waals surface area contributed by atoms with Gasteiger partial charge in [-0.1, -0.05) is 13.3 Å². The summed E-state index contributed by atoms with van der Waals surface area (Å²) in [5.41, 5.74) is 0. The lowest BCUT2D eigenvalue weighted by Crippen LogP contribution is -2.33. The molecule has 0 saturated heterocycles. The molecular weight excluding hydrogens is 179 g/mol. The van der Waals surface area contributed by atoms with Gasteiger partial charge in [-0.25, -0.2) is 4.39 Å². The summed E-state index contributed by atoms with van der Waals surface area (Å²) < 4.78 is 18.3. The summed E-state index contributed by atoms with van der Waals surface area (Å²) in [6, 6.07) is 6.25. The molecule has 2 heteroatoms. The number of ether oxygens (including phenoxy) is 1. The molecule has 0 radical (unpaired) electrons. The normalized spacial score (nSPS) is 25.6. The van der Waals surface area contributed by atoms with E-state index in [-0.39, 0.29) is 5.82 Å². The summed E-state index contributed by atoms with van der Waals surface area (Å²) in [6.45, 7) is 2.21. The van der Waals surface area contributed by atoms with Crippen LogP contribution in [-0.2, 0) is 0 Å². The molecule has 0 N–H and O–H groups in total. The maximum absolute atomic E-state index is 12.6. The largest absolute Gasteiger partial charge is 0.490 e. The Morgan fingerprint density at radius 3 is 2.50 bits per heavy atom. The molecule has 0 aliphatic heterocycles. The number of rotatable bonds is 3. The van der Waals surface area contributed by atoms with Gasteiger partial charge in [0.1, 0.15) is 11.6 Å². The van der Waals surface area contributed by atoms with Crippen LogP contribution >= 0.6 is 0 Å². The fourth-order valence-corrected chi connectivity index (χ4v) is 1.81. The average Bonchev–Trinajstić information content (AvgIpc) is 2.13. The van der Waals surface area contributed by atoms with E-state index in [2.05, 4.69) is 6.92 Å². The van der Waals surface area contributed by atoms with E-state index in [1.165, 1.54) is 18.6 Å². The van der Waals surface area contributed by atoms with Crippen molar-refractivity contribution in [1.82, 2.24) is 0 Å². The van der Waals surface area contributed by atoms with E-state index in [1.54, 1.807) is 12.1 Å². The minimum atomic E-state index is -0.211. The number of halogens is 1. The van der Waals surface area contributed by atoms with Crippen molar-refractivity contribution in [2.75, 3.05) is 0 Å². The van der Waals surface area contributed by atoms with Gasteiger partial charge < -0.3 is 4.74 Å². The van der Waals surface area contributed by atoms with Gasteiger partial charge in [0, 0.05) is 0 Å². The van der Waals surface area contributed by atoms with E-state index in [0.29, 0.717) is 6.10 Å². The quantitative estimate of drug-likeness (QED) is 0.716. The molecule has 1 aliphatic carbocycles. The summed E-state index contributed by atoms with van der Waals surface area (Å²) >= 11 is 0. The van der Waals surface area contributed by atoms with Crippen LogP contribution in [0.25, 0.3) is 0 Å². The predicted molar refractivity (Wildman–Crippen MR) is 53.8 cm³/mol. The van der Waals surface area contributed by atoms with Crippen LogP contribution in [0, 0.1) is 11.7 Å². The van der Waals surface area contributed by atoms with Crippen LogP contribution in [0.4, 0.5) is 4.39 Å². The van der Waals surface area contributed by atoms with Crippen LogP contribution < -0.4 is 4.74 Å². The van der Waals surface area contributed by atoms with E-state index in [9.17, 15) is 4.39 Å². The second-order valence-electron chi connectivity index (χ2n) is 3.94. The highest BCUT2D eigenvalue weighted by molar-refractivity contribution is 5.22. The minimum absolute atomic E-state index is 0.211. The molecule has 0 spiro atoms. The fraction of sp³-hybridized carbons (Fsp3) is 0.500. The maximum Gasteiger partial charge on any atom is 0.123 e. The van der Waals surface area contributed by atoms with Crippen LogP contribution in [0.2, 0.25) is 0 Å². The Morgan fingerprint density at radius 2 is 1.93 bits per heavy atom. The van der Waals surface area contributed by atoms with Crippen molar-refractivity contribution < 1.29 is 9.13 Å². The molecule has 1 fully saturated rings. The minimum Gasteiger partial charge on any atom is -0.490 e. The van der Waals surface area contributed by atoms with Crippen molar-refractivity contribution in [2.45, 2.75) is 32.3 Å². The molecule has 14 heavy (non-hydrogen) atoms. The Bertz CT molecular complexity index is 288. The highest BCUT2D eigenvalue weighted by Crippen LogP contribution is 2.33. The van der Waals surface area contributed by atoms with Crippen LogP contribution in [-0.4, -0.2) is 6.10 Å². The van der Waals surface area contributed by atoms with Gasteiger partial charge in [-0.2, -0.15) is 0 Å². The van der Waals surface area contributed by atoms with E-state index in [0.717, 1.165) is 24.5 Å². The van der Waals surface area contributed by atoms with E-state index in [4.69, 9.17) is 4.74 Å². The van der Waals surface area contributed by atoms with E-state index >= 15 is 0 Å². The van der Waals surface area contributed by atoms with Gasteiger partial charge in [0.2, 0.25) is 0 Å². The standard InChI is InChI=1S/C12H15FO/c1-2-9-7-12(8-9)14-11-5-3-10(13)4-6-11/h3-6,9,12H,2,7-8H2,1H3/t9-,12-. The van der Waals surface area contributed by atoms with Crippen LogP contribution in [0.5, 0.6) is 5.75 Å². The first-order chi connectivity index (χ1) is 6.78. The van der Waals surface area contributed by atoms with Gasteiger partial charge in [0.05, 0.1) is 6.10 Å². The van der Waals surface area contributed by atoms with Crippen molar-refractivity contribution >= 4 is 0 Å². The van der Waals surface area contributed by atoms with Gasteiger partial charge >= 0.3 is 0 Å². The van der Waals surface area contributed by atoms with Gasteiger partial charge in [0.25, 0.3) is 0 Å². The highest BCUT2D eigenvalue weighted by atomic mass is 19.1. The second-order valence-corrected chi connectivity index (χ2v) is 3.94. The molecule has 76 valence electrons. The van der Waals surface area contributed by atoms with Crippen molar-refractivity contribution in [3.63, 3.8) is 0 Å². The lowest BCUT2D eigenvalue weighted by molar-refractivity contribution is 0.0631. The molecule has 0 bridgehead atoms. The van der Waals surface area contributed by atoms with Gasteiger partial charge in [-0.05, 0) is 43.0 Å². The van der Waals surface area contributed by atoms with Gasteiger partial charge in [-0.3, -0.25) is 0 Å². The SMILES string of the molecule is CC[C@H]1C[C@H](Oc2ccc(F)cc2)C1. The third-order valence-electron chi connectivity index (χ3n) is 2.89. The molecule has 0 unspecified atom stereocenters. The molecule has 1 aromatic rings. The molecule has 0 amide bonds. The fourth-order valence-electron chi connectivity index (χ4n) is 1.81. The average molecular weight is 194 g/mol. The molecule has 0 aromatic heterocycles.